The molecular weight excluding hydrogens is 640 g/mol. The first-order chi connectivity index (χ1) is 8.90. The van der Waals surface area contributed by atoms with Gasteiger partial charge in [-0.05, 0) is 104 Å². The Bertz CT molecular complexity index is 614. The molecule has 0 saturated carbocycles. The van der Waals surface area contributed by atoms with Crippen LogP contribution in [0.25, 0.3) is 0 Å². The molecule has 2 aromatic carbocycles. The third-order valence-electron chi connectivity index (χ3n) is 2.18. The lowest BCUT2D eigenvalue weighted by atomic mass is 10.3. The Morgan fingerprint density at radius 3 is 1.84 bits per heavy atom. The molecule has 0 heterocycles. The van der Waals surface area contributed by atoms with Gasteiger partial charge >= 0.3 is 0 Å². The summed E-state index contributed by atoms with van der Waals surface area (Å²) in [7, 11) is 0. The normalized spacial score (nSPS) is 10.6. The third kappa shape index (κ3) is 3.86. The van der Waals surface area contributed by atoms with Crippen LogP contribution in [0.5, 0.6) is 11.5 Å². The highest BCUT2D eigenvalue weighted by molar-refractivity contribution is 9.14. The van der Waals surface area contributed by atoms with Crippen molar-refractivity contribution in [3.8, 4) is 11.5 Å². The Kier molecular flexibility index (Phi) is 6.01. The summed E-state index contributed by atoms with van der Waals surface area (Å²) >= 11 is 20.9. The van der Waals surface area contributed by atoms with Crippen LogP contribution >= 0.6 is 95.6 Å². The predicted molar refractivity (Wildman–Crippen MR) is 99.2 cm³/mol. The van der Waals surface area contributed by atoms with E-state index in [9.17, 15) is 0 Å². The molecule has 0 aliphatic heterocycles. The van der Waals surface area contributed by atoms with Crippen LogP contribution in [0.4, 0.5) is 0 Å². The van der Waals surface area contributed by atoms with Gasteiger partial charge in [0.15, 0.2) is 5.75 Å². The molecule has 7 heteroatoms. The largest absolute Gasteiger partial charge is 0.454 e. The molecule has 0 N–H and O–H groups in total. The van der Waals surface area contributed by atoms with Gasteiger partial charge in [-0.25, -0.2) is 0 Å². The van der Waals surface area contributed by atoms with Crippen LogP contribution in [0.15, 0.2) is 51.1 Å². The average molecular weight is 644 g/mol. The van der Waals surface area contributed by atoms with E-state index in [0.717, 1.165) is 32.6 Å². The van der Waals surface area contributed by atoms with Crippen molar-refractivity contribution < 1.29 is 4.74 Å². The average Bonchev–Trinajstić information content (AvgIpc) is 2.36. The lowest BCUT2D eigenvalue weighted by molar-refractivity contribution is 0.472. The van der Waals surface area contributed by atoms with Crippen molar-refractivity contribution >= 4 is 95.6 Å². The molecule has 0 aliphatic carbocycles. The maximum Gasteiger partial charge on any atom is 0.158 e. The highest BCUT2D eigenvalue weighted by Crippen LogP contribution is 2.46. The zero-order valence-electron chi connectivity index (χ0n) is 8.99. The van der Waals surface area contributed by atoms with Gasteiger partial charge in [0, 0.05) is 13.4 Å². The fraction of sp³-hybridized carbons (Fsp3) is 0. The van der Waals surface area contributed by atoms with Crippen LogP contribution < -0.4 is 4.74 Å². The summed E-state index contributed by atoms with van der Waals surface area (Å²) in [5.41, 5.74) is 0. The van der Waals surface area contributed by atoms with Crippen LogP contribution in [0, 0.1) is 0 Å². The second-order valence-electron chi connectivity index (χ2n) is 3.47. The molecule has 0 unspecified atom stereocenters. The molecule has 0 aromatic heterocycles. The molecule has 2 aromatic rings. The van der Waals surface area contributed by atoms with Crippen molar-refractivity contribution in [1.29, 1.82) is 0 Å². The summed E-state index contributed by atoms with van der Waals surface area (Å²) in [6.07, 6.45) is 0. The van der Waals surface area contributed by atoms with Crippen LogP contribution in [0.1, 0.15) is 0 Å². The van der Waals surface area contributed by atoms with E-state index in [1.165, 1.54) is 0 Å². The van der Waals surface area contributed by atoms with Gasteiger partial charge < -0.3 is 4.74 Å². The summed E-state index contributed by atoms with van der Waals surface area (Å²) in [5.74, 6) is 1.42. The van der Waals surface area contributed by atoms with Crippen molar-refractivity contribution in [2.45, 2.75) is 0 Å². The maximum absolute atomic E-state index is 5.98. The van der Waals surface area contributed by atoms with Gasteiger partial charge in [-0.2, -0.15) is 0 Å². The SMILES string of the molecule is Brc1ccc(Br)c(Oc2c(Br)c(Br)cc(Br)c2Br)c1. The van der Waals surface area contributed by atoms with Crippen molar-refractivity contribution in [2.75, 3.05) is 0 Å². The van der Waals surface area contributed by atoms with E-state index in [1.54, 1.807) is 0 Å². The summed E-state index contributed by atoms with van der Waals surface area (Å²) < 4.78 is 11.3. The zero-order valence-corrected chi connectivity index (χ0v) is 18.5. The summed E-state index contributed by atoms with van der Waals surface area (Å²) in [4.78, 5) is 0. The van der Waals surface area contributed by atoms with Gasteiger partial charge in [-0.3, -0.25) is 0 Å². The molecule has 0 amide bonds. The molecule has 0 atom stereocenters. The lowest BCUT2D eigenvalue weighted by Crippen LogP contribution is -1.90. The fourth-order valence-electron chi connectivity index (χ4n) is 1.31. The predicted octanol–water partition coefficient (Wildman–Crippen LogP) is 8.05. The molecule has 1 nitrogen and oxygen atoms in total. The van der Waals surface area contributed by atoms with E-state index in [4.69, 9.17) is 4.74 Å². The Hall–Kier alpha value is 1.12. The van der Waals surface area contributed by atoms with Crippen molar-refractivity contribution in [3.05, 3.63) is 51.1 Å². The molecule has 0 spiro atoms. The van der Waals surface area contributed by atoms with Crippen molar-refractivity contribution in [1.82, 2.24) is 0 Å². The van der Waals surface area contributed by atoms with Crippen LogP contribution in [-0.4, -0.2) is 0 Å². The minimum Gasteiger partial charge on any atom is -0.454 e. The zero-order chi connectivity index (χ0) is 14.2. The Morgan fingerprint density at radius 1 is 0.684 bits per heavy atom. The van der Waals surface area contributed by atoms with E-state index in [2.05, 4.69) is 95.6 Å². The van der Waals surface area contributed by atoms with E-state index in [1.807, 2.05) is 24.3 Å². The van der Waals surface area contributed by atoms with E-state index in [0.29, 0.717) is 5.75 Å². The molecule has 0 saturated heterocycles. The molecule has 100 valence electrons. The standard InChI is InChI=1S/C12H4Br6O/c13-5-1-2-6(14)9(3-5)19-12-10(17)7(15)4-8(16)11(12)18/h1-4H. The van der Waals surface area contributed by atoms with Gasteiger partial charge in [0.25, 0.3) is 0 Å². The first-order valence-corrected chi connectivity index (χ1v) is 9.62. The Morgan fingerprint density at radius 2 is 1.26 bits per heavy atom. The minimum absolute atomic E-state index is 0.694. The first kappa shape index (κ1) is 16.5. The third-order valence-corrected chi connectivity index (χ3v) is 7.21. The van der Waals surface area contributed by atoms with Crippen LogP contribution in [0.2, 0.25) is 0 Å². The van der Waals surface area contributed by atoms with E-state index in [-0.39, 0.29) is 0 Å². The monoisotopic (exact) mass is 638 g/mol. The smallest absolute Gasteiger partial charge is 0.158 e. The molecule has 2 rings (SSSR count). The molecule has 0 radical (unpaired) electrons. The first-order valence-electron chi connectivity index (χ1n) is 4.86. The van der Waals surface area contributed by atoms with Gasteiger partial charge in [0.2, 0.25) is 0 Å². The van der Waals surface area contributed by atoms with E-state index >= 15 is 0 Å². The number of halogens is 6. The van der Waals surface area contributed by atoms with Gasteiger partial charge in [0.1, 0.15) is 5.75 Å². The number of hydrogen-bond acceptors (Lipinski definition) is 1. The van der Waals surface area contributed by atoms with Crippen molar-refractivity contribution in [2.24, 2.45) is 0 Å². The summed E-state index contributed by atoms with van der Waals surface area (Å²) in [6.45, 7) is 0. The highest BCUT2D eigenvalue weighted by Gasteiger charge is 2.16. The molecule has 0 fully saturated rings. The Labute approximate surface area is 161 Å². The van der Waals surface area contributed by atoms with Gasteiger partial charge in [-0.1, -0.05) is 15.9 Å². The lowest BCUT2D eigenvalue weighted by Gasteiger charge is -2.14. The van der Waals surface area contributed by atoms with Crippen LogP contribution in [-0.2, 0) is 0 Å². The minimum atomic E-state index is 0.694. The summed E-state index contributed by atoms with van der Waals surface area (Å²) in [5, 5.41) is 0. The van der Waals surface area contributed by atoms with E-state index < -0.39 is 0 Å². The number of hydrogen-bond donors (Lipinski definition) is 0. The second kappa shape index (κ2) is 6.92. The molecular formula is C12H4Br6O. The Balaban J connectivity index is 2.52. The summed E-state index contributed by atoms with van der Waals surface area (Å²) in [6, 6.07) is 7.71. The van der Waals surface area contributed by atoms with Crippen molar-refractivity contribution in [3.63, 3.8) is 0 Å². The second-order valence-corrected chi connectivity index (χ2v) is 8.54. The molecule has 0 aliphatic rings. The number of benzene rings is 2. The highest BCUT2D eigenvalue weighted by atomic mass is 79.9. The topological polar surface area (TPSA) is 9.23 Å². The van der Waals surface area contributed by atoms with Gasteiger partial charge in [0.05, 0.1) is 13.4 Å². The molecule has 0 bridgehead atoms. The van der Waals surface area contributed by atoms with Crippen LogP contribution in [0.3, 0.4) is 0 Å². The number of ether oxygens (including phenoxy) is 1. The quantitative estimate of drug-likeness (QED) is 0.301. The fourth-order valence-corrected chi connectivity index (χ4v) is 4.15. The molecule has 19 heavy (non-hydrogen) atoms. The van der Waals surface area contributed by atoms with Gasteiger partial charge in [-0.15, -0.1) is 0 Å². The maximum atomic E-state index is 5.98. The number of rotatable bonds is 2.